The summed E-state index contributed by atoms with van der Waals surface area (Å²) in [4.78, 5) is 5.27. The normalized spacial score (nSPS) is 12.0. The van der Waals surface area contributed by atoms with Crippen molar-refractivity contribution in [2.75, 3.05) is 0 Å². The Morgan fingerprint density at radius 3 is 2.20 bits per heavy atom. The van der Waals surface area contributed by atoms with Gasteiger partial charge in [-0.1, -0.05) is 107 Å². The number of benzene rings is 5. The van der Waals surface area contributed by atoms with Gasteiger partial charge in [0, 0.05) is 21.0 Å². The third-order valence-corrected chi connectivity index (χ3v) is 9.34. The molecule has 0 saturated heterocycles. The number of aromatic nitrogens is 2. The summed E-state index contributed by atoms with van der Waals surface area (Å²) in [5, 5.41) is 6.11. The molecule has 0 aliphatic heterocycles. The molecule has 2 aromatic heterocycles. The van der Waals surface area contributed by atoms with E-state index in [0.717, 1.165) is 17.9 Å². The maximum absolute atomic E-state index is 5.27. The van der Waals surface area contributed by atoms with E-state index in [1.54, 1.807) is 11.3 Å². The molecule has 202 valence electrons. The Morgan fingerprint density at radius 2 is 1.39 bits per heavy atom. The van der Waals surface area contributed by atoms with Crippen molar-refractivity contribution in [3.05, 3.63) is 125 Å². The topological polar surface area (TPSA) is 17.8 Å². The fourth-order valence-corrected chi connectivity index (χ4v) is 7.25. The Bertz CT molecular complexity index is 2010. The molecule has 0 unspecified atom stereocenters. The smallest absolute Gasteiger partial charge is 0.142 e. The lowest BCUT2D eigenvalue weighted by atomic mass is 9.88. The second-order valence-electron chi connectivity index (χ2n) is 11.6. The zero-order valence-corrected chi connectivity index (χ0v) is 24.9. The Balaban J connectivity index is 1.44. The first-order chi connectivity index (χ1) is 20.0. The second-order valence-corrected chi connectivity index (χ2v) is 12.5. The second kappa shape index (κ2) is 10.3. The maximum atomic E-state index is 5.27. The molecule has 0 aliphatic rings. The van der Waals surface area contributed by atoms with Crippen LogP contribution in [0.15, 0.2) is 109 Å². The number of nitrogens with zero attached hydrogens (tertiary/aromatic N) is 2. The van der Waals surface area contributed by atoms with E-state index in [1.165, 1.54) is 59.8 Å². The Hall–Kier alpha value is -4.21. The van der Waals surface area contributed by atoms with Crippen molar-refractivity contribution >= 4 is 43.2 Å². The van der Waals surface area contributed by atoms with Crippen LogP contribution in [-0.4, -0.2) is 9.55 Å². The fraction of sp³-hybridized carbons (Fsp3) is 0.184. The van der Waals surface area contributed by atoms with Gasteiger partial charge in [-0.15, -0.1) is 11.3 Å². The van der Waals surface area contributed by atoms with Gasteiger partial charge in [0.1, 0.15) is 5.82 Å². The zero-order valence-electron chi connectivity index (χ0n) is 24.1. The van der Waals surface area contributed by atoms with Crippen molar-refractivity contribution < 1.29 is 0 Å². The SMILES string of the molecule is CC(C)c1cccc(C(C)C)c1Cn1c(-c2csc3ccc(-c4cccc5ccccc45)cc23)nc2ccccc21. The summed E-state index contributed by atoms with van der Waals surface area (Å²) < 4.78 is 3.74. The third-order valence-electron chi connectivity index (χ3n) is 8.38. The molecule has 0 bridgehead atoms. The summed E-state index contributed by atoms with van der Waals surface area (Å²) in [6, 6.07) is 37.6. The van der Waals surface area contributed by atoms with Crippen LogP contribution in [-0.2, 0) is 6.54 Å². The summed E-state index contributed by atoms with van der Waals surface area (Å²) in [6.45, 7) is 10.0. The van der Waals surface area contributed by atoms with E-state index in [2.05, 4.69) is 141 Å². The molecular weight excluding hydrogens is 516 g/mol. The standard InChI is InChI=1S/C38H34N2S/c1-24(2)28-14-10-15-29(25(3)4)33(28)22-40-36-18-8-7-17-35(36)39-38(40)34-23-41-37-20-19-27(21-32(34)37)31-16-9-12-26-11-5-6-13-30(26)31/h5-21,23-25H,22H2,1-4H3. The van der Waals surface area contributed by atoms with Gasteiger partial charge in [-0.25, -0.2) is 4.98 Å². The van der Waals surface area contributed by atoms with Gasteiger partial charge in [0.25, 0.3) is 0 Å². The van der Waals surface area contributed by atoms with Crippen LogP contribution >= 0.6 is 11.3 Å². The maximum Gasteiger partial charge on any atom is 0.142 e. The van der Waals surface area contributed by atoms with Crippen LogP contribution in [0.5, 0.6) is 0 Å². The molecule has 0 aliphatic carbocycles. The van der Waals surface area contributed by atoms with Crippen LogP contribution < -0.4 is 0 Å². The molecule has 41 heavy (non-hydrogen) atoms. The van der Waals surface area contributed by atoms with Crippen molar-refractivity contribution in [1.82, 2.24) is 9.55 Å². The van der Waals surface area contributed by atoms with Crippen LogP contribution in [0.1, 0.15) is 56.2 Å². The number of fused-ring (bicyclic) bond motifs is 3. The zero-order chi connectivity index (χ0) is 28.1. The quantitative estimate of drug-likeness (QED) is 0.201. The number of hydrogen-bond acceptors (Lipinski definition) is 2. The van der Waals surface area contributed by atoms with Gasteiger partial charge in [-0.05, 0) is 74.7 Å². The molecule has 0 fully saturated rings. The van der Waals surface area contributed by atoms with Crippen LogP contribution in [0.3, 0.4) is 0 Å². The van der Waals surface area contributed by atoms with Crippen LogP contribution in [0.25, 0.3) is 54.4 Å². The highest BCUT2D eigenvalue weighted by molar-refractivity contribution is 7.17. The average molecular weight is 551 g/mol. The molecule has 0 spiro atoms. The molecule has 2 nitrogen and oxygen atoms in total. The van der Waals surface area contributed by atoms with E-state index in [0.29, 0.717) is 11.8 Å². The Labute approximate surface area is 245 Å². The average Bonchev–Trinajstić information content (AvgIpc) is 3.57. The number of hydrogen-bond donors (Lipinski definition) is 0. The molecule has 2 heterocycles. The monoisotopic (exact) mass is 550 g/mol. The molecule has 3 heteroatoms. The highest BCUT2D eigenvalue weighted by Crippen LogP contribution is 2.40. The summed E-state index contributed by atoms with van der Waals surface area (Å²) in [5.41, 5.74) is 10.2. The van der Waals surface area contributed by atoms with E-state index in [9.17, 15) is 0 Å². The van der Waals surface area contributed by atoms with E-state index in [-0.39, 0.29) is 0 Å². The summed E-state index contributed by atoms with van der Waals surface area (Å²) >= 11 is 1.80. The number of imidazole rings is 1. The molecule has 0 radical (unpaired) electrons. The molecule has 7 aromatic rings. The minimum Gasteiger partial charge on any atom is -0.319 e. The van der Waals surface area contributed by atoms with E-state index in [4.69, 9.17) is 4.98 Å². The molecule has 7 rings (SSSR count). The van der Waals surface area contributed by atoms with Crippen molar-refractivity contribution in [3.8, 4) is 22.5 Å². The molecular formula is C38H34N2S. The first-order valence-electron chi connectivity index (χ1n) is 14.6. The lowest BCUT2D eigenvalue weighted by Gasteiger charge is -2.21. The highest BCUT2D eigenvalue weighted by Gasteiger charge is 2.21. The minimum atomic E-state index is 0.451. The Morgan fingerprint density at radius 1 is 0.683 bits per heavy atom. The van der Waals surface area contributed by atoms with Gasteiger partial charge in [0.2, 0.25) is 0 Å². The summed E-state index contributed by atoms with van der Waals surface area (Å²) in [7, 11) is 0. The third kappa shape index (κ3) is 4.45. The predicted octanol–water partition coefficient (Wildman–Crippen LogP) is 11.0. The molecule has 0 saturated carbocycles. The molecule has 5 aromatic carbocycles. The van der Waals surface area contributed by atoms with Gasteiger partial charge in [-0.2, -0.15) is 0 Å². The van der Waals surface area contributed by atoms with Crippen molar-refractivity contribution in [1.29, 1.82) is 0 Å². The molecule has 0 amide bonds. The van der Waals surface area contributed by atoms with Crippen molar-refractivity contribution in [2.24, 2.45) is 0 Å². The van der Waals surface area contributed by atoms with Crippen molar-refractivity contribution in [2.45, 2.75) is 46.1 Å². The van der Waals surface area contributed by atoms with Crippen LogP contribution in [0.4, 0.5) is 0 Å². The fourth-order valence-electron chi connectivity index (χ4n) is 6.33. The number of para-hydroxylation sites is 2. The first kappa shape index (κ1) is 25.7. The minimum absolute atomic E-state index is 0.451. The number of thiophene rings is 1. The highest BCUT2D eigenvalue weighted by atomic mass is 32.1. The van der Waals surface area contributed by atoms with Gasteiger partial charge in [0.05, 0.1) is 17.6 Å². The van der Waals surface area contributed by atoms with Gasteiger partial charge in [-0.3, -0.25) is 0 Å². The molecule has 0 atom stereocenters. The van der Waals surface area contributed by atoms with E-state index in [1.807, 2.05) is 0 Å². The molecule has 0 N–H and O–H groups in total. The largest absolute Gasteiger partial charge is 0.319 e. The van der Waals surface area contributed by atoms with Crippen molar-refractivity contribution in [3.63, 3.8) is 0 Å². The Kier molecular flexibility index (Phi) is 6.48. The first-order valence-corrected chi connectivity index (χ1v) is 15.4. The van der Waals surface area contributed by atoms with Gasteiger partial charge in [0.15, 0.2) is 0 Å². The lowest BCUT2D eigenvalue weighted by molar-refractivity contribution is 0.750. The summed E-state index contributed by atoms with van der Waals surface area (Å²) in [5.74, 6) is 1.94. The van der Waals surface area contributed by atoms with Gasteiger partial charge < -0.3 is 4.57 Å². The van der Waals surface area contributed by atoms with E-state index >= 15 is 0 Å². The van der Waals surface area contributed by atoms with E-state index < -0.39 is 0 Å². The van der Waals surface area contributed by atoms with Crippen LogP contribution in [0.2, 0.25) is 0 Å². The number of rotatable bonds is 6. The van der Waals surface area contributed by atoms with Crippen LogP contribution in [0, 0.1) is 0 Å². The van der Waals surface area contributed by atoms with Gasteiger partial charge >= 0.3 is 0 Å². The lowest BCUT2D eigenvalue weighted by Crippen LogP contribution is -2.10. The summed E-state index contributed by atoms with van der Waals surface area (Å²) in [6.07, 6.45) is 0. The predicted molar refractivity (Wildman–Crippen MR) is 177 cm³/mol.